The number of nitrogens with one attached hydrogen (secondary N) is 1. The van der Waals surface area contributed by atoms with Gasteiger partial charge in [-0.1, -0.05) is 29.8 Å². The monoisotopic (exact) mass is 420 g/mol. The smallest absolute Gasteiger partial charge is 0.325 e. The van der Waals surface area contributed by atoms with Gasteiger partial charge in [-0.3, -0.25) is 4.79 Å². The summed E-state index contributed by atoms with van der Waals surface area (Å²) in [7, 11) is 1.80. The van der Waals surface area contributed by atoms with Crippen LogP contribution in [0.1, 0.15) is 31.1 Å². The maximum Gasteiger partial charge on any atom is 0.325 e. The Morgan fingerprint density at radius 3 is 2.55 bits per heavy atom. The number of carbonyl (C=O) groups is 1. The van der Waals surface area contributed by atoms with Crippen LogP contribution in [0.5, 0.6) is 5.75 Å². The van der Waals surface area contributed by atoms with Crippen LogP contribution >= 0.6 is 11.6 Å². The first kappa shape index (κ1) is 23.0. The second-order valence-electron chi connectivity index (χ2n) is 6.98. The molecule has 0 aliphatic rings. The Kier molecular flexibility index (Phi) is 8.76. The summed E-state index contributed by atoms with van der Waals surface area (Å²) < 4.78 is 4.97. The molecule has 0 saturated carbocycles. The highest BCUT2D eigenvalue weighted by atomic mass is 35.5. The second-order valence-corrected chi connectivity index (χ2v) is 7.38. The molecule has 2 atom stereocenters. The number of aromatic hydroxyl groups is 1. The number of phenols is 1. The fraction of sp³-hybridized carbons (Fsp3) is 0.409. The summed E-state index contributed by atoms with van der Waals surface area (Å²) >= 11 is 6.39. The first-order valence-corrected chi connectivity index (χ1v) is 10.0. The molecular formula is C22H29ClN2O4. The lowest BCUT2D eigenvalue weighted by atomic mass is 10.0. The van der Waals surface area contributed by atoms with E-state index in [0.717, 1.165) is 23.2 Å². The SMILES string of the molecule is CCOC(=O)CN(C)c1ccc(CCN[C@@H](C)[C@@H](O)c2ccc(O)cc2)cc1Cl. The van der Waals surface area contributed by atoms with Crippen LogP contribution in [-0.2, 0) is 16.0 Å². The van der Waals surface area contributed by atoms with Crippen LogP contribution in [-0.4, -0.2) is 49.0 Å². The van der Waals surface area contributed by atoms with Gasteiger partial charge in [0.2, 0.25) is 0 Å². The number of rotatable bonds is 10. The molecule has 6 nitrogen and oxygen atoms in total. The summed E-state index contributed by atoms with van der Waals surface area (Å²) in [6.45, 7) is 4.86. The number of anilines is 1. The average Bonchev–Trinajstić information content (AvgIpc) is 2.68. The van der Waals surface area contributed by atoms with E-state index in [0.29, 0.717) is 18.2 Å². The zero-order valence-electron chi connectivity index (χ0n) is 17.1. The van der Waals surface area contributed by atoms with Crippen molar-refractivity contribution in [1.29, 1.82) is 0 Å². The van der Waals surface area contributed by atoms with Gasteiger partial charge in [0.15, 0.2) is 0 Å². The van der Waals surface area contributed by atoms with E-state index < -0.39 is 6.10 Å². The number of nitrogens with zero attached hydrogens (tertiary/aromatic N) is 1. The Bertz CT molecular complexity index is 798. The van der Waals surface area contributed by atoms with Crippen molar-refractivity contribution in [3.05, 3.63) is 58.6 Å². The molecule has 0 aliphatic heterocycles. The molecule has 0 amide bonds. The molecule has 7 heteroatoms. The summed E-state index contributed by atoms with van der Waals surface area (Å²) in [6.07, 6.45) is 0.0758. The third-order valence-corrected chi connectivity index (χ3v) is 4.99. The van der Waals surface area contributed by atoms with Crippen molar-refractivity contribution in [2.75, 3.05) is 31.6 Å². The third-order valence-electron chi connectivity index (χ3n) is 4.68. The minimum Gasteiger partial charge on any atom is -0.508 e. The van der Waals surface area contributed by atoms with Crippen LogP contribution in [0.4, 0.5) is 5.69 Å². The number of ether oxygens (including phenoxy) is 1. The van der Waals surface area contributed by atoms with E-state index in [4.69, 9.17) is 16.3 Å². The van der Waals surface area contributed by atoms with E-state index >= 15 is 0 Å². The lowest BCUT2D eigenvalue weighted by Gasteiger charge is -2.21. The summed E-state index contributed by atoms with van der Waals surface area (Å²) in [6, 6.07) is 12.2. The largest absolute Gasteiger partial charge is 0.508 e. The van der Waals surface area contributed by atoms with E-state index in [9.17, 15) is 15.0 Å². The molecule has 0 saturated heterocycles. The van der Waals surface area contributed by atoms with Gasteiger partial charge in [-0.15, -0.1) is 0 Å². The highest BCUT2D eigenvalue weighted by molar-refractivity contribution is 6.33. The molecule has 2 aromatic rings. The molecule has 0 heterocycles. The maximum absolute atomic E-state index is 11.6. The number of esters is 1. The molecule has 0 aliphatic carbocycles. The van der Waals surface area contributed by atoms with E-state index in [1.807, 2.05) is 25.1 Å². The van der Waals surface area contributed by atoms with Gasteiger partial charge < -0.3 is 25.2 Å². The van der Waals surface area contributed by atoms with Crippen molar-refractivity contribution >= 4 is 23.3 Å². The van der Waals surface area contributed by atoms with Crippen molar-refractivity contribution in [1.82, 2.24) is 5.32 Å². The summed E-state index contributed by atoms with van der Waals surface area (Å²) in [4.78, 5) is 13.4. The lowest BCUT2D eigenvalue weighted by molar-refractivity contribution is -0.141. The van der Waals surface area contributed by atoms with Gasteiger partial charge in [0.1, 0.15) is 12.3 Å². The molecule has 158 valence electrons. The molecule has 3 N–H and O–H groups in total. The van der Waals surface area contributed by atoms with Crippen LogP contribution in [0.25, 0.3) is 0 Å². The zero-order chi connectivity index (χ0) is 21.4. The standard InChI is InChI=1S/C22H29ClN2O4/c1-4-29-21(27)14-25(3)20-10-5-16(13-19(20)23)11-12-24-15(2)22(28)17-6-8-18(26)9-7-17/h5-10,13,15,22,24,26,28H,4,11-12,14H2,1-3H3/t15-,22+/m0/s1. The second kappa shape index (κ2) is 11.0. The van der Waals surface area contributed by atoms with Crippen molar-refractivity contribution in [3.8, 4) is 5.75 Å². The number of likely N-dealkylation sites (N-methyl/N-ethyl adjacent to an activating group) is 1. The number of phenolic OH excluding ortho intramolecular Hbond substituents is 1. The molecular weight excluding hydrogens is 392 g/mol. The quantitative estimate of drug-likeness (QED) is 0.511. The molecule has 0 spiro atoms. The van der Waals surface area contributed by atoms with E-state index in [1.165, 1.54) is 0 Å². The number of hydrogen-bond donors (Lipinski definition) is 3. The summed E-state index contributed by atoms with van der Waals surface area (Å²) in [5, 5.41) is 23.7. The molecule has 2 aromatic carbocycles. The van der Waals surface area contributed by atoms with Gasteiger partial charge in [0.05, 0.1) is 23.4 Å². The Hall–Kier alpha value is -2.28. The van der Waals surface area contributed by atoms with E-state index in [2.05, 4.69) is 5.32 Å². The first-order valence-electron chi connectivity index (χ1n) is 9.67. The fourth-order valence-corrected chi connectivity index (χ4v) is 3.36. The number of hydrogen-bond acceptors (Lipinski definition) is 6. The summed E-state index contributed by atoms with van der Waals surface area (Å²) in [5.74, 6) is -0.115. The first-order chi connectivity index (χ1) is 13.8. The van der Waals surface area contributed by atoms with Gasteiger partial charge in [0.25, 0.3) is 0 Å². The average molecular weight is 421 g/mol. The predicted molar refractivity (Wildman–Crippen MR) is 116 cm³/mol. The minimum absolute atomic E-state index is 0.140. The van der Waals surface area contributed by atoms with Crippen molar-refractivity contribution in [2.24, 2.45) is 0 Å². The highest BCUT2D eigenvalue weighted by Gasteiger charge is 2.16. The third kappa shape index (κ3) is 6.92. The van der Waals surface area contributed by atoms with Crippen molar-refractivity contribution < 1.29 is 19.7 Å². The molecule has 0 aromatic heterocycles. The minimum atomic E-state index is -0.668. The predicted octanol–water partition coefficient (Wildman–Crippen LogP) is 3.30. The highest BCUT2D eigenvalue weighted by Crippen LogP contribution is 2.26. The van der Waals surface area contributed by atoms with Gasteiger partial charge >= 0.3 is 5.97 Å². The molecule has 0 fully saturated rings. The number of halogens is 1. The maximum atomic E-state index is 11.6. The molecule has 0 radical (unpaired) electrons. The van der Waals surface area contributed by atoms with E-state index in [1.54, 1.807) is 43.1 Å². The topological polar surface area (TPSA) is 82.0 Å². The van der Waals surface area contributed by atoms with Crippen LogP contribution in [0.3, 0.4) is 0 Å². The Morgan fingerprint density at radius 1 is 1.24 bits per heavy atom. The van der Waals surface area contributed by atoms with Gasteiger partial charge in [0, 0.05) is 13.1 Å². The van der Waals surface area contributed by atoms with Crippen LogP contribution in [0.15, 0.2) is 42.5 Å². The normalized spacial score (nSPS) is 13.0. The number of aliphatic hydroxyl groups is 1. The number of aliphatic hydroxyl groups excluding tert-OH is 1. The molecule has 0 unspecified atom stereocenters. The molecule has 0 bridgehead atoms. The van der Waals surface area contributed by atoms with Gasteiger partial charge in [-0.05, 0) is 62.2 Å². The Balaban J connectivity index is 1.86. The van der Waals surface area contributed by atoms with Gasteiger partial charge in [-0.2, -0.15) is 0 Å². The Morgan fingerprint density at radius 2 is 1.93 bits per heavy atom. The van der Waals surface area contributed by atoms with Gasteiger partial charge in [-0.25, -0.2) is 0 Å². The lowest BCUT2D eigenvalue weighted by Crippen LogP contribution is -2.33. The van der Waals surface area contributed by atoms with Crippen LogP contribution < -0.4 is 10.2 Å². The van der Waals surface area contributed by atoms with Crippen LogP contribution in [0, 0.1) is 0 Å². The van der Waals surface area contributed by atoms with E-state index in [-0.39, 0.29) is 24.3 Å². The zero-order valence-corrected chi connectivity index (χ0v) is 17.8. The van der Waals surface area contributed by atoms with Crippen molar-refractivity contribution in [3.63, 3.8) is 0 Å². The molecule has 29 heavy (non-hydrogen) atoms. The summed E-state index contributed by atoms with van der Waals surface area (Å²) in [5.41, 5.74) is 2.58. The number of carbonyl (C=O) groups excluding carboxylic acids is 1. The van der Waals surface area contributed by atoms with Crippen molar-refractivity contribution in [2.45, 2.75) is 32.4 Å². The fourth-order valence-electron chi connectivity index (χ4n) is 3.02. The Labute approximate surface area is 177 Å². The number of benzene rings is 2. The molecule has 2 rings (SSSR count). The van der Waals surface area contributed by atoms with Crippen LogP contribution in [0.2, 0.25) is 5.02 Å².